The summed E-state index contributed by atoms with van der Waals surface area (Å²) in [5.41, 5.74) is 0. The first-order valence-corrected chi connectivity index (χ1v) is 12.3. The van der Waals surface area contributed by atoms with Crippen molar-refractivity contribution in [1.29, 1.82) is 0 Å². The number of unbranched alkanes of at least 4 members (excludes halogenated alkanes) is 5. The number of esters is 1. The average Bonchev–Trinajstić information content (AvgIpc) is 2.94. The van der Waals surface area contributed by atoms with Gasteiger partial charge in [0.25, 0.3) is 0 Å². The van der Waals surface area contributed by atoms with Gasteiger partial charge in [-0.1, -0.05) is 44.8 Å². The number of carbonyl (C=O) groups excluding carboxylic acids is 1. The molecule has 0 bridgehead atoms. The largest absolute Gasteiger partial charge is 0.463 e. The third kappa shape index (κ3) is 12.0. The molecule has 0 aromatic carbocycles. The fourth-order valence-electron chi connectivity index (χ4n) is 4.50. The molecule has 6 nitrogen and oxygen atoms in total. The molecular formula is C25H46O6. The summed E-state index contributed by atoms with van der Waals surface area (Å²) in [6, 6.07) is 0. The first-order chi connectivity index (χ1) is 14.7. The lowest BCUT2D eigenvalue weighted by Gasteiger charge is -2.27. The van der Waals surface area contributed by atoms with E-state index in [1.165, 1.54) is 6.42 Å². The van der Waals surface area contributed by atoms with E-state index in [1.807, 2.05) is 26.0 Å². The minimum absolute atomic E-state index is 0.0856. The Balaban J connectivity index is 2.38. The molecule has 1 saturated carbocycles. The molecule has 31 heavy (non-hydrogen) atoms. The van der Waals surface area contributed by atoms with Crippen LogP contribution in [0.2, 0.25) is 0 Å². The fraction of sp³-hybridized carbons (Fsp3) is 0.880. The van der Waals surface area contributed by atoms with Crippen LogP contribution in [0.3, 0.4) is 0 Å². The minimum Gasteiger partial charge on any atom is -0.463 e. The van der Waals surface area contributed by atoms with Crippen LogP contribution in [-0.4, -0.2) is 50.5 Å². The van der Waals surface area contributed by atoms with Crippen molar-refractivity contribution in [3.8, 4) is 0 Å². The van der Waals surface area contributed by atoms with Gasteiger partial charge >= 0.3 is 5.97 Å². The highest BCUT2D eigenvalue weighted by Crippen LogP contribution is 2.39. The van der Waals surface area contributed by atoms with Crippen molar-refractivity contribution in [1.82, 2.24) is 0 Å². The van der Waals surface area contributed by atoms with Crippen LogP contribution in [0.1, 0.15) is 104 Å². The molecule has 1 rings (SSSR count). The van der Waals surface area contributed by atoms with Crippen molar-refractivity contribution in [3.63, 3.8) is 0 Å². The summed E-state index contributed by atoms with van der Waals surface area (Å²) >= 11 is 0. The fourth-order valence-corrected chi connectivity index (χ4v) is 4.50. The van der Waals surface area contributed by atoms with Gasteiger partial charge < -0.3 is 25.2 Å². The van der Waals surface area contributed by atoms with Gasteiger partial charge in [-0.2, -0.15) is 0 Å². The third-order valence-electron chi connectivity index (χ3n) is 6.27. The number of aliphatic hydroxyl groups excluding tert-OH is 2. The normalized spacial score (nSPS) is 24.4. The molecule has 0 aromatic rings. The van der Waals surface area contributed by atoms with Crippen molar-refractivity contribution < 1.29 is 30.0 Å². The summed E-state index contributed by atoms with van der Waals surface area (Å²) in [6.45, 7) is 5.82. The highest BCUT2D eigenvalue weighted by molar-refractivity contribution is 5.69. The predicted molar refractivity (Wildman–Crippen MR) is 122 cm³/mol. The Morgan fingerprint density at radius 1 is 1.00 bits per heavy atom. The molecule has 1 aliphatic rings. The van der Waals surface area contributed by atoms with E-state index >= 15 is 0 Å². The lowest BCUT2D eigenvalue weighted by atomic mass is 9.85. The molecule has 1 aliphatic carbocycles. The Kier molecular flexibility index (Phi) is 13.6. The molecule has 182 valence electrons. The van der Waals surface area contributed by atoms with Crippen molar-refractivity contribution in [3.05, 3.63) is 12.2 Å². The highest BCUT2D eigenvalue weighted by Gasteiger charge is 2.41. The molecule has 0 unspecified atom stereocenters. The van der Waals surface area contributed by atoms with Crippen LogP contribution in [0, 0.1) is 11.8 Å². The van der Waals surface area contributed by atoms with Gasteiger partial charge in [0.2, 0.25) is 0 Å². The molecule has 6 heteroatoms. The maximum atomic E-state index is 11.5. The number of hydrogen-bond donors (Lipinski definition) is 4. The first-order valence-electron chi connectivity index (χ1n) is 12.3. The lowest BCUT2D eigenvalue weighted by Crippen LogP contribution is -2.31. The van der Waals surface area contributed by atoms with Crippen molar-refractivity contribution in [2.24, 2.45) is 11.8 Å². The Bertz CT molecular complexity index is 516. The molecule has 0 saturated heterocycles. The van der Waals surface area contributed by atoms with Crippen LogP contribution in [0.5, 0.6) is 0 Å². The van der Waals surface area contributed by atoms with Crippen LogP contribution in [0.15, 0.2) is 12.2 Å². The maximum Gasteiger partial charge on any atom is 0.306 e. The van der Waals surface area contributed by atoms with Gasteiger partial charge in [0, 0.05) is 19.3 Å². The molecule has 0 amide bonds. The summed E-state index contributed by atoms with van der Waals surface area (Å²) in [5, 5.41) is 41.3. The number of hydrogen-bond acceptors (Lipinski definition) is 6. The smallest absolute Gasteiger partial charge is 0.306 e. The summed E-state index contributed by atoms with van der Waals surface area (Å²) in [6.07, 6.45) is 11.9. The number of ether oxygens (including phenoxy) is 1. The number of carbonyl (C=O) groups is 1. The summed E-state index contributed by atoms with van der Waals surface area (Å²) in [5.74, 6) is -2.11. The van der Waals surface area contributed by atoms with E-state index in [-0.39, 0.29) is 30.3 Å². The Labute approximate surface area is 188 Å². The summed E-state index contributed by atoms with van der Waals surface area (Å²) < 4.78 is 5.11. The summed E-state index contributed by atoms with van der Waals surface area (Å²) in [7, 11) is 0. The van der Waals surface area contributed by atoms with Crippen LogP contribution >= 0.6 is 0 Å². The van der Waals surface area contributed by atoms with Gasteiger partial charge in [-0.05, 0) is 64.2 Å². The number of rotatable bonds is 16. The molecule has 4 N–H and O–H groups in total. The molecule has 0 spiro atoms. The number of allylic oxidation sites excluding steroid dienone is 2. The SMILES string of the molecule is CCCCCCCC(O)(O)CC[C@@H]1[C@@H](C/C=C/CCCC(=O)OC(C)C)[C@@H](O)C[C@H]1O. The van der Waals surface area contributed by atoms with E-state index < -0.39 is 18.0 Å². The second-order valence-electron chi connectivity index (χ2n) is 9.52. The van der Waals surface area contributed by atoms with Gasteiger partial charge in [-0.3, -0.25) is 4.79 Å². The first kappa shape index (κ1) is 28.1. The molecule has 0 aromatic heterocycles. The highest BCUT2D eigenvalue weighted by atomic mass is 16.5. The van der Waals surface area contributed by atoms with E-state index in [1.54, 1.807) is 0 Å². The van der Waals surface area contributed by atoms with Gasteiger partial charge in [-0.15, -0.1) is 0 Å². The Morgan fingerprint density at radius 2 is 1.68 bits per heavy atom. The monoisotopic (exact) mass is 442 g/mol. The van der Waals surface area contributed by atoms with Gasteiger partial charge in [0.05, 0.1) is 18.3 Å². The van der Waals surface area contributed by atoms with Crippen LogP contribution < -0.4 is 0 Å². The maximum absolute atomic E-state index is 11.5. The van der Waals surface area contributed by atoms with Crippen molar-refractivity contribution in [2.45, 2.75) is 128 Å². The Hall–Kier alpha value is -0.950. The molecule has 0 radical (unpaired) electrons. The number of aliphatic hydroxyl groups is 4. The zero-order valence-electron chi connectivity index (χ0n) is 19.8. The standard InChI is InChI=1S/C25H46O6/c1-4-5-6-9-12-16-25(29,30)17-15-21-20(22(26)18-23(21)27)13-10-7-8-11-14-24(28)31-19(2)3/h7,10,19-23,26-27,29-30H,4-6,8-9,11-18H2,1-3H3/b10-7+/t20-,21-,22+,23-/m1/s1. The van der Waals surface area contributed by atoms with Crippen LogP contribution in [0.4, 0.5) is 0 Å². The van der Waals surface area contributed by atoms with Gasteiger partial charge in [0.15, 0.2) is 5.79 Å². The van der Waals surface area contributed by atoms with E-state index in [4.69, 9.17) is 4.74 Å². The van der Waals surface area contributed by atoms with Gasteiger partial charge in [-0.25, -0.2) is 0 Å². The second kappa shape index (κ2) is 15.0. The molecule has 0 heterocycles. The van der Waals surface area contributed by atoms with Crippen molar-refractivity contribution >= 4 is 5.97 Å². The van der Waals surface area contributed by atoms with E-state index in [9.17, 15) is 25.2 Å². The second-order valence-corrected chi connectivity index (χ2v) is 9.52. The van der Waals surface area contributed by atoms with E-state index in [0.717, 1.165) is 38.5 Å². The van der Waals surface area contributed by atoms with Crippen LogP contribution in [0.25, 0.3) is 0 Å². The molecule has 1 fully saturated rings. The molecular weight excluding hydrogens is 396 g/mol. The third-order valence-corrected chi connectivity index (χ3v) is 6.27. The molecule has 4 atom stereocenters. The topological polar surface area (TPSA) is 107 Å². The van der Waals surface area contributed by atoms with E-state index in [0.29, 0.717) is 32.1 Å². The average molecular weight is 443 g/mol. The quantitative estimate of drug-likeness (QED) is 0.123. The lowest BCUT2D eigenvalue weighted by molar-refractivity contribution is -0.175. The van der Waals surface area contributed by atoms with Crippen molar-refractivity contribution in [2.75, 3.05) is 0 Å². The Morgan fingerprint density at radius 3 is 2.35 bits per heavy atom. The zero-order valence-corrected chi connectivity index (χ0v) is 19.8. The predicted octanol–water partition coefficient (Wildman–Crippen LogP) is 4.23. The van der Waals surface area contributed by atoms with Gasteiger partial charge in [0.1, 0.15) is 0 Å². The van der Waals surface area contributed by atoms with E-state index in [2.05, 4.69) is 6.92 Å². The summed E-state index contributed by atoms with van der Waals surface area (Å²) in [4.78, 5) is 11.5. The van der Waals surface area contributed by atoms with Crippen LogP contribution in [-0.2, 0) is 9.53 Å². The zero-order chi connectivity index (χ0) is 23.3. The molecule has 0 aliphatic heterocycles. The minimum atomic E-state index is -1.70.